The lowest BCUT2D eigenvalue weighted by Gasteiger charge is -2.21. The highest BCUT2D eigenvalue weighted by Gasteiger charge is 2.16. The van der Waals surface area contributed by atoms with Crippen molar-refractivity contribution in [3.05, 3.63) is 33.8 Å². The van der Waals surface area contributed by atoms with Crippen LogP contribution in [0.15, 0.2) is 22.7 Å². The summed E-state index contributed by atoms with van der Waals surface area (Å²) < 4.78 is 0.845. The van der Waals surface area contributed by atoms with Gasteiger partial charge in [-0.1, -0.05) is 11.6 Å². The van der Waals surface area contributed by atoms with E-state index in [0.29, 0.717) is 19.0 Å². The van der Waals surface area contributed by atoms with E-state index in [1.807, 2.05) is 36.9 Å². The average Bonchev–Trinajstić information content (AvgIpc) is 2.33. The molecule has 0 unspecified atom stereocenters. The highest BCUT2D eigenvalue weighted by atomic mass is 79.9. The van der Waals surface area contributed by atoms with Crippen LogP contribution in [0, 0.1) is 6.92 Å². The lowest BCUT2D eigenvalue weighted by Crippen LogP contribution is -2.32. The number of carbonyl (C=O) groups excluding carboxylic acids is 1. The van der Waals surface area contributed by atoms with E-state index >= 15 is 0 Å². The van der Waals surface area contributed by atoms with Gasteiger partial charge in [-0.3, -0.25) is 4.79 Å². The fourth-order valence-corrected chi connectivity index (χ4v) is 2.16. The fourth-order valence-electron chi connectivity index (χ4n) is 1.63. The molecule has 0 saturated heterocycles. The first-order valence-electron chi connectivity index (χ1n) is 5.71. The Labute approximate surface area is 116 Å². The topological polar surface area (TPSA) is 20.3 Å². The van der Waals surface area contributed by atoms with Crippen LogP contribution in [-0.4, -0.2) is 29.8 Å². The maximum absolute atomic E-state index is 12.3. The Morgan fingerprint density at radius 1 is 1.47 bits per heavy atom. The van der Waals surface area contributed by atoms with E-state index in [2.05, 4.69) is 15.9 Å². The van der Waals surface area contributed by atoms with Gasteiger partial charge in [-0.2, -0.15) is 0 Å². The number of hydrogen-bond acceptors (Lipinski definition) is 1. The first-order valence-corrected chi connectivity index (χ1v) is 7.04. The largest absolute Gasteiger partial charge is 0.339 e. The molecular formula is C13H17BrClNO. The molecule has 0 atom stereocenters. The minimum atomic E-state index is 0.0631. The van der Waals surface area contributed by atoms with Gasteiger partial charge in [0.1, 0.15) is 0 Å². The van der Waals surface area contributed by atoms with Crippen molar-refractivity contribution in [2.75, 3.05) is 19.0 Å². The Morgan fingerprint density at radius 3 is 2.76 bits per heavy atom. The summed E-state index contributed by atoms with van der Waals surface area (Å²) >= 11 is 9.09. The molecule has 1 aromatic rings. The molecule has 0 aliphatic rings. The fraction of sp³-hybridized carbons (Fsp3) is 0.462. The number of rotatable bonds is 5. The van der Waals surface area contributed by atoms with Gasteiger partial charge in [0, 0.05) is 23.4 Å². The third-order valence-corrected chi connectivity index (χ3v) is 3.54. The normalized spacial score (nSPS) is 10.4. The van der Waals surface area contributed by atoms with Crippen LogP contribution in [0.3, 0.4) is 0 Å². The summed E-state index contributed by atoms with van der Waals surface area (Å²) in [4.78, 5) is 14.1. The smallest absolute Gasteiger partial charge is 0.254 e. The van der Waals surface area contributed by atoms with Gasteiger partial charge >= 0.3 is 0 Å². The SMILES string of the molecule is CCN(CCCCl)C(=O)c1cc(C)ccc1Br. The number of benzene rings is 1. The van der Waals surface area contributed by atoms with Gasteiger partial charge in [-0.15, -0.1) is 11.6 Å². The second-order valence-corrected chi connectivity index (χ2v) is 5.14. The summed E-state index contributed by atoms with van der Waals surface area (Å²) in [5, 5.41) is 0. The molecule has 0 aromatic heterocycles. The molecule has 1 aromatic carbocycles. The van der Waals surface area contributed by atoms with Gasteiger partial charge < -0.3 is 4.90 Å². The molecule has 0 fully saturated rings. The van der Waals surface area contributed by atoms with Crippen LogP contribution in [0.25, 0.3) is 0 Å². The maximum Gasteiger partial charge on any atom is 0.254 e. The lowest BCUT2D eigenvalue weighted by atomic mass is 10.1. The highest BCUT2D eigenvalue weighted by molar-refractivity contribution is 9.10. The quantitative estimate of drug-likeness (QED) is 0.755. The van der Waals surface area contributed by atoms with E-state index in [1.165, 1.54) is 0 Å². The molecule has 0 spiro atoms. The van der Waals surface area contributed by atoms with E-state index in [4.69, 9.17) is 11.6 Å². The molecule has 94 valence electrons. The molecule has 2 nitrogen and oxygen atoms in total. The Kier molecular flexibility index (Phi) is 6.00. The zero-order valence-corrected chi connectivity index (χ0v) is 12.5. The van der Waals surface area contributed by atoms with Gasteiger partial charge in [-0.25, -0.2) is 0 Å². The van der Waals surface area contributed by atoms with E-state index < -0.39 is 0 Å². The summed E-state index contributed by atoms with van der Waals surface area (Å²) in [5.41, 5.74) is 1.81. The van der Waals surface area contributed by atoms with Crippen LogP contribution in [0.5, 0.6) is 0 Å². The zero-order chi connectivity index (χ0) is 12.8. The Bertz CT molecular complexity index is 395. The summed E-state index contributed by atoms with van der Waals surface area (Å²) in [6.45, 7) is 5.38. The first kappa shape index (κ1) is 14.5. The van der Waals surface area contributed by atoms with Crippen molar-refractivity contribution in [1.29, 1.82) is 0 Å². The van der Waals surface area contributed by atoms with Crippen molar-refractivity contribution >= 4 is 33.4 Å². The molecule has 4 heteroatoms. The lowest BCUT2D eigenvalue weighted by molar-refractivity contribution is 0.0764. The minimum Gasteiger partial charge on any atom is -0.339 e. The van der Waals surface area contributed by atoms with E-state index in [0.717, 1.165) is 22.0 Å². The molecule has 0 heterocycles. The monoisotopic (exact) mass is 317 g/mol. The molecular weight excluding hydrogens is 302 g/mol. The van der Waals surface area contributed by atoms with E-state index in [9.17, 15) is 4.79 Å². The predicted molar refractivity (Wildman–Crippen MR) is 75.8 cm³/mol. The van der Waals surface area contributed by atoms with Gasteiger partial charge in [0.05, 0.1) is 5.56 Å². The Balaban J connectivity index is 2.89. The number of alkyl halides is 1. The highest BCUT2D eigenvalue weighted by Crippen LogP contribution is 2.20. The third-order valence-electron chi connectivity index (χ3n) is 2.58. The van der Waals surface area contributed by atoms with Gasteiger partial charge in [-0.05, 0) is 48.3 Å². The summed E-state index contributed by atoms with van der Waals surface area (Å²) in [6, 6.07) is 5.81. The summed E-state index contributed by atoms with van der Waals surface area (Å²) in [7, 11) is 0. The maximum atomic E-state index is 12.3. The summed E-state index contributed by atoms with van der Waals surface area (Å²) in [6.07, 6.45) is 0.824. The molecule has 0 bridgehead atoms. The van der Waals surface area contributed by atoms with Crippen LogP contribution >= 0.6 is 27.5 Å². The number of halogens is 2. The van der Waals surface area contributed by atoms with E-state index in [1.54, 1.807) is 0 Å². The average molecular weight is 319 g/mol. The number of hydrogen-bond donors (Lipinski definition) is 0. The molecule has 0 saturated carbocycles. The second-order valence-electron chi connectivity index (χ2n) is 3.91. The zero-order valence-electron chi connectivity index (χ0n) is 10.2. The van der Waals surface area contributed by atoms with Crippen molar-refractivity contribution in [2.45, 2.75) is 20.3 Å². The molecule has 0 N–H and O–H groups in total. The number of aryl methyl sites for hydroxylation is 1. The van der Waals surface area contributed by atoms with Crippen molar-refractivity contribution in [1.82, 2.24) is 4.90 Å². The summed E-state index contributed by atoms with van der Waals surface area (Å²) in [5.74, 6) is 0.645. The third kappa shape index (κ3) is 4.00. The molecule has 1 rings (SSSR count). The minimum absolute atomic E-state index is 0.0631. The number of carbonyl (C=O) groups is 1. The van der Waals surface area contributed by atoms with Crippen molar-refractivity contribution < 1.29 is 4.79 Å². The Morgan fingerprint density at radius 2 is 2.18 bits per heavy atom. The van der Waals surface area contributed by atoms with Crippen molar-refractivity contribution in [2.24, 2.45) is 0 Å². The molecule has 0 aliphatic carbocycles. The predicted octanol–water partition coefficient (Wildman–Crippen LogP) is 3.85. The molecule has 1 amide bonds. The van der Waals surface area contributed by atoms with Gasteiger partial charge in [0.15, 0.2) is 0 Å². The first-order chi connectivity index (χ1) is 8.10. The van der Waals surface area contributed by atoms with Crippen molar-refractivity contribution in [3.63, 3.8) is 0 Å². The standard InChI is InChI=1S/C13H17BrClNO/c1-3-16(8-4-7-15)13(17)11-9-10(2)5-6-12(11)14/h5-6,9H,3-4,7-8H2,1-2H3. The van der Waals surface area contributed by atoms with Crippen LogP contribution in [0.4, 0.5) is 0 Å². The van der Waals surface area contributed by atoms with Crippen LogP contribution in [0.2, 0.25) is 0 Å². The number of amides is 1. The molecule has 0 aliphatic heterocycles. The van der Waals surface area contributed by atoms with Crippen LogP contribution in [-0.2, 0) is 0 Å². The van der Waals surface area contributed by atoms with Crippen molar-refractivity contribution in [3.8, 4) is 0 Å². The van der Waals surface area contributed by atoms with Crippen LogP contribution < -0.4 is 0 Å². The van der Waals surface area contributed by atoms with Crippen LogP contribution in [0.1, 0.15) is 29.3 Å². The van der Waals surface area contributed by atoms with E-state index in [-0.39, 0.29) is 5.91 Å². The van der Waals surface area contributed by atoms with Gasteiger partial charge in [0.2, 0.25) is 0 Å². The second kappa shape index (κ2) is 7.02. The molecule has 17 heavy (non-hydrogen) atoms. The molecule has 0 radical (unpaired) electrons. The van der Waals surface area contributed by atoms with Gasteiger partial charge in [0.25, 0.3) is 5.91 Å². The number of nitrogens with zero attached hydrogens (tertiary/aromatic N) is 1. The Hall–Kier alpha value is -0.540.